The molecule has 1 aliphatic rings. The van der Waals surface area contributed by atoms with Crippen LogP contribution in [0.2, 0.25) is 0 Å². The molecule has 0 unspecified atom stereocenters. The third kappa shape index (κ3) is 3.42. The molecule has 4 heterocycles. The summed E-state index contributed by atoms with van der Waals surface area (Å²) in [5, 5.41) is 9.40. The molecule has 0 bridgehead atoms. The van der Waals surface area contributed by atoms with Gasteiger partial charge < -0.3 is 19.5 Å². The number of hydrogen-bond acceptors (Lipinski definition) is 5. The lowest BCUT2D eigenvalue weighted by molar-refractivity contribution is -0.174. The Bertz CT molecular complexity index is 916. The van der Waals surface area contributed by atoms with E-state index in [0.29, 0.717) is 11.5 Å². The Balaban J connectivity index is 1.58. The first kappa shape index (κ1) is 17.3. The highest BCUT2D eigenvalue weighted by atomic mass is 19.4. The molecule has 1 aliphatic heterocycles. The second-order valence-electron chi connectivity index (χ2n) is 6.13. The number of carbonyl (C=O) groups is 1. The summed E-state index contributed by atoms with van der Waals surface area (Å²) >= 11 is 0. The van der Waals surface area contributed by atoms with Gasteiger partial charge in [0.1, 0.15) is 17.3 Å². The van der Waals surface area contributed by atoms with Crippen molar-refractivity contribution in [2.24, 2.45) is 0 Å². The lowest BCUT2D eigenvalue weighted by Gasteiger charge is -2.32. The van der Waals surface area contributed by atoms with E-state index in [0.717, 1.165) is 4.68 Å². The van der Waals surface area contributed by atoms with Crippen molar-refractivity contribution in [2.45, 2.75) is 31.2 Å². The summed E-state index contributed by atoms with van der Waals surface area (Å²) in [5.74, 6) is 0.427. The van der Waals surface area contributed by atoms with E-state index in [2.05, 4.69) is 15.7 Å². The van der Waals surface area contributed by atoms with Crippen molar-refractivity contribution in [3.05, 3.63) is 60.1 Å². The van der Waals surface area contributed by atoms with Crippen LogP contribution in [0.5, 0.6) is 0 Å². The molecule has 0 saturated carbocycles. The van der Waals surface area contributed by atoms with E-state index in [1.807, 2.05) is 0 Å². The van der Waals surface area contributed by atoms with E-state index in [1.165, 1.54) is 18.6 Å². The second-order valence-corrected chi connectivity index (χ2v) is 6.13. The minimum absolute atomic E-state index is 0.105. The molecule has 3 aromatic heterocycles. The van der Waals surface area contributed by atoms with Crippen molar-refractivity contribution in [1.29, 1.82) is 0 Å². The molecule has 0 radical (unpaired) electrons. The molecule has 142 valence electrons. The minimum Gasteiger partial charge on any atom is -0.467 e. The summed E-state index contributed by atoms with van der Waals surface area (Å²) in [6.07, 6.45) is -1.95. The fourth-order valence-corrected chi connectivity index (χ4v) is 3.03. The van der Waals surface area contributed by atoms with E-state index >= 15 is 0 Å². The number of rotatable bonds is 4. The lowest BCUT2D eigenvalue weighted by atomic mass is 10.0. The van der Waals surface area contributed by atoms with Gasteiger partial charge in [0.15, 0.2) is 11.7 Å². The average molecular weight is 380 g/mol. The van der Waals surface area contributed by atoms with Gasteiger partial charge in [-0.2, -0.15) is 18.3 Å². The van der Waals surface area contributed by atoms with Crippen molar-refractivity contribution >= 4 is 11.7 Å². The largest absolute Gasteiger partial charge is 0.467 e. The van der Waals surface area contributed by atoms with Crippen molar-refractivity contribution in [1.82, 2.24) is 15.1 Å². The van der Waals surface area contributed by atoms with E-state index < -0.39 is 24.2 Å². The second kappa shape index (κ2) is 6.53. The van der Waals surface area contributed by atoms with Crippen LogP contribution in [-0.2, 0) is 6.54 Å². The summed E-state index contributed by atoms with van der Waals surface area (Å²) in [7, 11) is 0. The quantitative estimate of drug-likeness (QED) is 0.722. The lowest BCUT2D eigenvalue weighted by Crippen LogP contribution is -2.35. The predicted molar refractivity (Wildman–Crippen MR) is 86.9 cm³/mol. The number of nitrogens with zero attached hydrogens (tertiary/aromatic N) is 2. The molecule has 1 amide bonds. The Labute approximate surface area is 151 Å². The molecular formula is C17H15F3N4O3. The van der Waals surface area contributed by atoms with Gasteiger partial charge in [-0.1, -0.05) is 0 Å². The first-order valence-electron chi connectivity index (χ1n) is 8.18. The van der Waals surface area contributed by atoms with Crippen LogP contribution < -0.4 is 10.6 Å². The molecule has 0 spiro atoms. The molecule has 0 aromatic carbocycles. The zero-order valence-corrected chi connectivity index (χ0v) is 13.9. The number of furan rings is 2. The number of carbonyl (C=O) groups excluding carboxylic acids is 1. The Morgan fingerprint density at radius 1 is 1.30 bits per heavy atom. The van der Waals surface area contributed by atoms with Gasteiger partial charge >= 0.3 is 6.18 Å². The molecule has 0 aliphatic carbocycles. The Morgan fingerprint density at radius 2 is 2.07 bits per heavy atom. The average Bonchev–Trinajstić information content (AvgIpc) is 3.38. The SMILES string of the molecule is O=C(NCc1ccco1)c1cc2n(n1)[C@H](C(F)(F)F)C[C@@H](c1ccco1)N2. The molecule has 7 nitrogen and oxygen atoms in total. The number of anilines is 1. The standard InChI is InChI=1S/C17H15F3N4O3/c18-17(19,20)14-7-11(13-4-2-6-27-13)22-15-8-12(23-24(14)15)16(25)21-9-10-3-1-5-26-10/h1-6,8,11,14,22H,7,9H2,(H,21,25)/t11-,14-/m0/s1. The molecule has 10 heteroatoms. The van der Waals surface area contributed by atoms with Crippen LogP contribution in [0.4, 0.5) is 19.0 Å². The maximum atomic E-state index is 13.5. The van der Waals surface area contributed by atoms with Gasteiger partial charge in [0.05, 0.1) is 25.1 Å². The topological polar surface area (TPSA) is 85.2 Å². The third-order valence-corrected chi connectivity index (χ3v) is 4.31. The highest BCUT2D eigenvalue weighted by Crippen LogP contribution is 2.43. The van der Waals surface area contributed by atoms with Gasteiger partial charge in [-0.25, -0.2) is 4.68 Å². The van der Waals surface area contributed by atoms with Crippen LogP contribution in [0.15, 0.2) is 51.7 Å². The summed E-state index contributed by atoms with van der Waals surface area (Å²) in [6.45, 7) is 0.110. The monoisotopic (exact) mass is 380 g/mol. The van der Waals surface area contributed by atoms with E-state index in [1.54, 1.807) is 24.3 Å². The number of fused-ring (bicyclic) bond motifs is 1. The summed E-state index contributed by atoms with van der Waals surface area (Å²) in [4.78, 5) is 12.3. The van der Waals surface area contributed by atoms with Gasteiger partial charge in [-0.3, -0.25) is 4.79 Å². The Morgan fingerprint density at radius 3 is 2.74 bits per heavy atom. The third-order valence-electron chi connectivity index (χ3n) is 4.31. The van der Waals surface area contributed by atoms with Crippen molar-refractivity contribution < 1.29 is 26.8 Å². The molecule has 27 heavy (non-hydrogen) atoms. The zero-order chi connectivity index (χ0) is 19.0. The maximum absolute atomic E-state index is 13.5. The number of halogens is 3. The molecule has 4 rings (SSSR count). The summed E-state index contributed by atoms with van der Waals surface area (Å²) in [5.41, 5.74) is -0.113. The summed E-state index contributed by atoms with van der Waals surface area (Å²) in [6, 6.07) is 5.32. The van der Waals surface area contributed by atoms with Crippen LogP contribution in [0.25, 0.3) is 0 Å². The normalized spacial score (nSPS) is 19.4. The fourth-order valence-electron chi connectivity index (χ4n) is 3.03. The highest BCUT2D eigenvalue weighted by molar-refractivity contribution is 5.93. The maximum Gasteiger partial charge on any atom is 0.410 e. The van der Waals surface area contributed by atoms with Gasteiger partial charge in [0.2, 0.25) is 0 Å². The zero-order valence-electron chi connectivity index (χ0n) is 13.9. The van der Waals surface area contributed by atoms with Crippen LogP contribution in [0.1, 0.15) is 40.5 Å². The molecule has 2 N–H and O–H groups in total. The summed E-state index contributed by atoms with van der Waals surface area (Å²) < 4.78 is 51.8. The number of amides is 1. The van der Waals surface area contributed by atoms with Crippen molar-refractivity contribution in [3.8, 4) is 0 Å². The van der Waals surface area contributed by atoms with E-state index in [-0.39, 0.29) is 24.5 Å². The van der Waals surface area contributed by atoms with Gasteiger partial charge in [0.25, 0.3) is 5.91 Å². The molecular weight excluding hydrogens is 365 g/mol. The van der Waals surface area contributed by atoms with Crippen LogP contribution in [-0.4, -0.2) is 21.9 Å². The molecule has 2 atom stereocenters. The van der Waals surface area contributed by atoms with Crippen LogP contribution in [0, 0.1) is 0 Å². The first-order valence-corrected chi connectivity index (χ1v) is 8.18. The number of nitrogens with one attached hydrogen (secondary N) is 2. The van der Waals surface area contributed by atoms with Gasteiger partial charge in [0, 0.05) is 12.5 Å². The smallest absolute Gasteiger partial charge is 0.410 e. The number of alkyl halides is 3. The van der Waals surface area contributed by atoms with Gasteiger partial charge in [-0.05, 0) is 24.3 Å². The molecule has 0 fully saturated rings. The Hall–Kier alpha value is -3.17. The fraction of sp³-hybridized carbons (Fsp3) is 0.294. The molecule has 3 aromatic rings. The van der Waals surface area contributed by atoms with Crippen LogP contribution in [0.3, 0.4) is 0 Å². The van der Waals surface area contributed by atoms with Crippen molar-refractivity contribution in [2.75, 3.05) is 5.32 Å². The minimum atomic E-state index is -4.52. The first-order chi connectivity index (χ1) is 12.9. The van der Waals surface area contributed by atoms with Crippen molar-refractivity contribution in [3.63, 3.8) is 0 Å². The van der Waals surface area contributed by atoms with E-state index in [9.17, 15) is 18.0 Å². The number of hydrogen-bond donors (Lipinski definition) is 2. The predicted octanol–water partition coefficient (Wildman–Crippen LogP) is 3.66. The van der Waals surface area contributed by atoms with Crippen LogP contribution >= 0.6 is 0 Å². The Kier molecular flexibility index (Phi) is 4.17. The number of aromatic nitrogens is 2. The molecule has 0 saturated heterocycles. The van der Waals surface area contributed by atoms with Gasteiger partial charge in [-0.15, -0.1) is 0 Å². The van der Waals surface area contributed by atoms with E-state index in [4.69, 9.17) is 8.83 Å². The highest BCUT2D eigenvalue weighted by Gasteiger charge is 2.47.